The second kappa shape index (κ2) is 4.76. The Bertz CT molecular complexity index is 643. The summed E-state index contributed by atoms with van der Waals surface area (Å²) in [5.41, 5.74) is 1.98. The molecule has 5 nitrogen and oxygen atoms in total. The Labute approximate surface area is 116 Å². The van der Waals surface area contributed by atoms with Gasteiger partial charge in [0.2, 0.25) is 0 Å². The van der Waals surface area contributed by atoms with Crippen LogP contribution in [0.2, 0.25) is 0 Å². The van der Waals surface area contributed by atoms with Crippen molar-refractivity contribution in [3.8, 4) is 11.3 Å². The molecular formula is C15H15NO4. The van der Waals surface area contributed by atoms with E-state index in [0.717, 1.165) is 24.0 Å². The summed E-state index contributed by atoms with van der Waals surface area (Å²) in [5.74, 6) is -0.601. The van der Waals surface area contributed by atoms with Crippen molar-refractivity contribution in [1.82, 2.24) is 5.16 Å². The molecule has 104 valence electrons. The predicted octanol–water partition coefficient (Wildman–Crippen LogP) is 2.72. The van der Waals surface area contributed by atoms with E-state index in [2.05, 4.69) is 5.16 Å². The second-order valence-corrected chi connectivity index (χ2v) is 5.14. The molecule has 0 aliphatic heterocycles. The van der Waals surface area contributed by atoms with E-state index in [1.807, 2.05) is 24.3 Å². The zero-order valence-corrected chi connectivity index (χ0v) is 11.1. The van der Waals surface area contributed by atoms with Crippen molar-refractivity contribution < 1.29 is 19.2 Å². The summed E-state index contributed by atoms with van der Waals surface area (Å²) in [6, 6.07) is 9.32. The van der Waals surface area contributed by atoms with Crippen LogP contribution < -0.4 is 0 Å². The lowest BCUT2D eigenvalue weighted by molar-refractivity contribution is 0.0686. The first kappa shape index (κ1) is 12.9. The Morgan fingerprint density at radius 1 is 1.45 bits per heavy atom. The molecule has 5 heteroatoms. The van der Waals surface area contributed by atoms with E-state index in [9.17, 15) is 4.79 Å². The van der Waals surface area contributed by atoms with Gasteiger partial charge in [0.15, 0.2) is 11.5 Å². The van der Waals surface area contributed by atoms with Crippen molar-refractivity contribution >= 4 is 5.97 Å². The maximum Gasteiger partial charge on any atom is 0.358 e. The number of rotatable bonds is 5. The maximum atomic E-state index is 10.9. The van der Waals surface area contributed by atoms with Crippen molar-refractivity contribution in [1.29, 1.82) is 0 Å². The minimum absolute atomic E-state index is 0.0293. The van der Waals surface area contributed by atoms with Crippen LogP contribution in [0.15, 0.2) is 34.9 Å². The van der Waals surface area contributed by atoms with Crippen molar-refractivity contribution in [3.05, 3.63) is 41.6 Å². The van der Waals surface area contributed by atoms with E-state index >= 15 is 0 Å². The van der Waals surface area contributed by atoms with Crippen molar-refractivity contribution in [2.24, 2.45) is 0 Å². The first-order chi connectivity index (χ1) is 9.66. The van der Waals surface area contributed by atoms with E-state index in [-0.39, 0.29) is 11.1 Å². The Hall–Kier alpha value is -2.14. The number of methoxy groups -OCH3 is 1. The van der Waals surface area contributed by atoms with E-state index in [1.165, 1.54) is 6.07 Å². The van der Waals surface area contributed by atoms with Gasteiger partial charge in [0.05, 0.1) is 6.61 Å². The monoisotopic (exact) mass is 273 g/mol. The van der Waals surface area contributed by atoms with E-state index in [4.69, 9.17) is 14.4 Å². The molecule has 0 unspecified atom stereocenters. The zero-order valence-electron chi connectivity index (χ0n) is 11.1. The lowest BCUT2D eigenvalue weighted by Crippen LogP contribution is -2.15. The summed E-state index contributed by atoms with van der Waals surface area (Å²) in [7, 11) is 1.69. The summed E-state index contributed by atoms with van der Waals surface area (Å²) < 4.78 is 10.5. The highest BCUT2D eigenvalue weighted by molar-refractivity contribution is 5.86. The quantitative estimate of drug-likeness (QED) is 0.906. The molecule has 1 heterocycles. The SMILES string of the molecule is COCC1(c2ccccc2-c2cc(C(=O)O)no2)CC1. The van der Waals surface area contributed by atoms with Crippen molar-refractivity contribution in [2.75, 3.05) is 13.7 Å². The first-order valence-corrected chi connectivity index (χ1v) is 6.45. The van der Waals surface area contributed by atoms with Gasteiger partial charge in [-0.2, -0.15) is 0 Å². The number of nitrogens with zero attached hydrogens (tertiary/aromatic N) is 1. The highest BCUT2D eigenvalue weighted by Gasteiger charge is 2.46. The third kappa shape index (κ3) is 2.10. The molecule has 3 rings (SSSR count). The molecule has 1 N–H and O–H groups in total. The van der Waals surface area contributed by atoms with Gasteiger partial charge in [0.1, 0.15) is 0 Å². The van der Waals surface area contributed by atoms with Crippen LogP contribution in [0.1, 0.15) is 28.9 Å². The Morgan fingerprint density at radius 3 is 2.80 bits per heavy atom. The van der Waals surface area contributed by atoms with Crippen molar-refractivity contribution in [3.63, 3.8) is 0 Å². The lowest BCUT2D eigenvalue weighted by atomic mass is 9.91. The molecule has 1 aromatic heterocycles. The topological polar surface area (TPSA) is 72.6 Å². The van der Waals surface area contributed by atoms with Crippen LogP contribution in [-0.2, 0) is 10.2 Å². The van der Waals surface area contributed by atoms with Gasteiger partial charge in [0, 0.05) is 24.2 Å². The number of carboxylic acids is 1. The number of aromatic nitrogens is 1. The van der Waals surface area contributed by atoms with E-state index in [1.54, 1.807) is 7.11 Å². The molecule has 1 aliphatic rings. The minimum atomic E-state index is -1.09. The molecular weight excluding hydrogens is 258 g/mol. The van der Waals surface area contributed by atoms with Crippen LogP contribution in [0, 0.1) is 0 Å². The van der Waals surface area contributed by atoms with Crippen LogP contribution in [0.4, 0.5) is 0 Å². The summed E-state index contributed by atoms with van der Waals surface area (Å²) in [4.78, 5) is 10.9. The molecule has 0 radical (unpaired) electrons. The Morgan fingerprint density at radius 2 is 2.20 bits per heavy atom. The van der Waals surface area contributed by atoms with Crippen LogP contribution in [0.3, 0.4) is 0 Å². The predicted molar refractivity (Wildman–Crippen MR) is 71.7 cm³/mol. The number of hydrogen-bond donors (Lipinski definition) is 1. The summed E-state index contributed by atoms with van der Waals surface area (Å²) in [6.07, 6.45) is 2.13. The number of carboxylic acid groups (broad SMARTS) is 1. The fourth-order valence-electron chi connectivity index (χ4n) is 2.58. The highest BCUT2D eigenvalue weighted by atomic mass is 16.5. The van der Waals surface area contributed by atoms with Crippen LogP contribution in [-0.4, -0.2) is 29.9 Å². The van der Waals surface area contributed by atoms with Gasteiger partial charge in [-0.05, 0) is 18.4 Å². The van der Waals surface area contributed by atoms with E-state index in [0.29, 0.717) is 12.4 Å². The average molecular weight is 273 g/mol. The summed E-state index contributed by atoms with van der Waals surface area (Å²) in [5, 5.41) is 12.5. The number of ether oxygens (including phenoxy) is 1. The Kier molecular flexibility index (Phi) is 3.06. The molecule has 20 heavy (non-hydrogen) atoms. The van der Waals surface area contributed by atoms with Gasteiger partial charge in [-0.25, -0.2) is 4.79 Å². The molecule has 1 saturated carbocycles. The van der Waals surface area contributed by atoms with Gasteiger partial charge >= 0.3 is 5.97 Å². The van der Waals surface area contributed by atoms with Crippen LogP contribution in [0.25, 0.3) is 11.3 Å². The summed E-state index contributed by atoms with van der Waals surface area (Å²) >= 11 is 0. The standard InChI is InChI=1S/C15H15NO4/c1-19-9-15(6-7-15)11-5-3-2-4-10(11)13-8-12(14(17)18)16-20-13/h2-5,8H,6-7,9H2,1H3,(H,17,18). The molecule has 0 atom stereocenters. The summed E-state index contributed by atoms with van der Waals surface area (Å²) in [6.45, 7) is 0.657. The number of benzene rings is 1. The number of aromatic carboxylic acids is 1. The molecule has 0 amide bonds. The third-order valence-electron chi connectivity index (χ3n) is 3.77. The fourth-order valence-corrected chi connectivity index (χ4v) is 2.58. The molecule has 0 spiro atoms. The largest absolute Gasteiger partial charge is 0.476 e. The second-order valence-electron chi connectivity index (χ2n) is 5.14. The number of carbonyl (C=O) groups is 1. The van der Waals surface area contributed by atoms with Gasteiger partial charge in [-0.15, -0.1) is 0 Å². The van der Waals surface area contributed by atoms with Crippen LogP contribution >= 0.6 is 0 Å². The van der Waals surface area contributed by atoms with Gasteiger partial charge < -0.3 is 14.4 Å². The maximum absolute atomic E-state index is 10.9. The normalized spacial score (nSPS) is 16.1. The third-order valence-corrected chi connectivity index (χ3v) is 3.77. The highest BCUT2D eigenvalue weighted by Crippen LogP contribution is 2.51. The fraction of sp³-hybridized carbons (Fsp3) is 0.333. The molecule has 1 aromatic carbocycles. The van der Waals surface area contributed by atoms with E-state index < -0.39 is 5.97 Å². The molecule has 0 bridgehead atoms. The van der Waals surface area contributed by atoms with Gasteiger partial charge in [0.25, 0.3) is 0 Å². The molecule has 2 aromatic rings. The minimum Gasteiger partial charge on any atom is -0.476 e. The molecule has 1 fully saturated rings. The molecule has 1 aliphatic carbocycles. The van der Waals surface area contributed by atoms with Crippen LogP contribution in [0.5, 0.6) is 0 Å². The zero-order chi connectivity index (χ0) is 14.2. The first-order valence-electron chi connectivity index (χ1n) is 6.45. The smallest absolute Gasteiger partial charge is 0.358 e. The lowest BCUT2D eigenvalue weighted by Gasteiger charge is -2.17. The molecule has 0 saturated heterocycles. The van der Waals surface area contributed by atoms with Gasteiger partial charge in [-0.1, -0.05) is 29.4 Å². The number of hydrogen-bond acceptors (Lipinski definition) is 4. The average Bonchev–Trinajstić information content (AvgIpc) is 3.05. The van der Waals surface area contributed by atoms with Crippen molar-refractivity contribution in [2.45, 2.75) is 18.3 Å². The Balaban J connectivity index is 2.03. The van der Waals surface area contributed by atoms with Gasteiger partial charge in [-0.3, -0.25) is 0 Å².